The smallest absolute Gasteiger partial charge is 0.321 e. The van der Waals surface area contributed by atoms with Crippen LogP contribution in [0.4, 0.5) is 15.7 Å². The number of fused-ring (bicyclic) bond motifs is 1. The lowest BCUT2D eigenvalue weighted by atomic mass is 10.0. The van der Waals surface area contributed by atoms with Crippen LogP contribution < -0.4 is 21.1 Å². The molecule has 150 valence electrons. The number of rotatable bonds is 4. The van der Waals surface area contributed by atoms with Crippen molar-refractivity contribution in [3.05, 3.63) is 33.1 Å². The van der Waals surface area contributed by atoms with Gasteiger partial charge in [-0.15, -0.1) is 11.3 Å². The van der Waals surface area contributed by atoms with Gasteiger partial charge in [-0.25, -0.2) is 14.5 Å². The maximum atomic E-state index is 12.4. The molecular weight excluding hydrogens is 376 g/mol. The lowest BCUT2D eigenvalue weighted by molar-refractivity contribution is 0.250. The van der Waals surface area contributed by atoms with Gasteiger partial charge in [-0.2, -0.15) is 5.10 Å². The number of nitrogens with one attached hydrogen (secondary N) is 2. The Balaban J connectivity index is 1.36. The van der Waals surface area contributed by atoms with Crippen LogP contribution in [0, 0.1) is 0 Å². The first kappa shape index (κ1) is 18.9. The number of hydrogen-bond donors (Lipinski definition) is 2. The Morgan fingerprint density at radius 2 is 2.11 bits per heavy atom. The van der Waals surface area contributed by atoms with Crippen LogP contribution >= 0.6 is 11.3 Å². The van der Waals surface area contributed by atoms with Gasteiger partial charge in [0.2, 0.25) is 0 Å². The normalized spacial score (nSPS) is 19.2. The molecule has 2 aromatic rings. The van der Waals surface area contributed by atoms with Gasteiger partial charge in [-0.1, -0.05) is 0 Å². The highest BCUT2D eigenvalue weighted by Crippen LogP contribution is 2.29. The fraction of sp³-hybridized carbons (Fsp3) is 0.579. The van der Waals surface area contributed by atoms with Crippen molar-refractivity contribution in [3.8, 4) is 0 Å². The Labute approximate surface area is 168 Å². The minimum Gasteiger partial charge on any atom is -0.350 e. The quantitative estimate of drug-likeness (QED) is 0.819. The molecule has 0 radical (unpaired) electrons. The van der Waals surface area contributed by atoms with Crippen molar-refractivity contribution in [1.82, 2.24) is 20.1 Å². The molecule has 1 aliphatic carbocycles. The number of carbonyl (C=O) groups is 1. The average molecular weight is 403 g/mol. The van der Waals surface area contributed by atoms with Crippen LogP contribution in [-0.2, 0) is 19.9 Å². The van der Waals surface area contributed by atoms with E-state index in [-0.39, 0.29) is 17.6 Å². The van der Waals surface area contributed by atoms with Crippen LogP contribution in [0.1, 0.15) is 42.7 Å². The lowest BCUT2D eigenvalue weighted by Gasteiger charge is -2.36. The van der Waals surface area contributed by atoms with E-state index < -0.39 is 0 Å². The molecule has 2 aliphatic rings. The molecule has 3 heterocycles. The van der Waals surface area contributed by atoms with Crippen molar-refractivity contribution >= 4 is 28.3 Å². The standard InChI is InChI=1S/C19H26N6O2S/c1-24-17(26)10-9-16(23-24)25-11-5-4-6-13(25)12-20-18(27)22-19-21-14-7-2-3-8-15(14)28-19/h9-10,13H,2-8,11-12H2,1H3,(H2,20,21,22,27). The van der Waals surface area contributed by atoms with Gasteiger partial charge < -0.3 is 10.2 Å². The summed E-state index contributed by atoms with van der Waals surface area (Å²) in [4.78, 5) is 32.0. The van der Waals surface area contributed by atoms with Gasteiger partial charge in [0.15, 0.2) is 5.13 Å². The topological polar surface area (TPSA) is 92.2 Å². The molecule has 2 N–H and O–H groups in total. The summed E-state index contributed by atoms with van der Waals surface area (Å²) in [6.45, 7) is 1.40. The summed E-state index contributed by atoms with van der Waals surface area (Å²) in [5.41, 5.74) is 1.02. The average Bonchev–Trinajstić information content (AvgIpc) is 3.11. The summed E-state index contributed by atoms with van der Waals surface area (Å²) in [5.74, 6) is 0.779. The molecule has 0 aromatic carbocycles. The zero-order chi connectivity index (χ0) is 19.5. The van der Waals surface area contributed by atoms with Gasteiger partial charge in [0.05, 0.1) is 5.69 Å². The highest BCUT2D eigenvalue weighted by atomic mass is 32.1. The fourth-order valence-electron chi connectivity index (χ4n) is 3.91. The zero-order valence-electron chi connectivity index (χ0n) is 16.1. The molecule has 1 aliphatic heterocycles. The monoisotopic (exact) mass is 402 g/mol. The zero-order valence-corrected chi connectivity index (χ0v) is 16.9. The molecule has 2 amide bonds. The number of thiazole rings is 1. The Morgan fingerprint density at radius 3 is 2.93 bits per heavy atom. The van der Waals surface area contributed by atoms with Gasteiger partial charge in [0.25, 0.3) is 5.56 Å². The minimum atomic E-state index is -0.218. The molecule has 9 heteroatoms. The fourth-order valence-corrected chi connectivity index (χ4v) is 4.96. The Bertz CT molecular complexity index is 885. The van der Waals surface area contributed by atoms with Crippen molar-refractivity contribution in [2.24, 2.45) is 7.05 Å². The highest BCUT2D eigenvalue weighted by molar-refractivity contribution is 7.15. The first-order valence-electron chi connectivity index (χ1n) is 9.94. The molecule has 1 saturated heterocycles. The molecule has 2 aromatic heterocycles. The van der Waals surface area contributed by atoms with E-state index in [0.717, 1.165) is 50.2 Å². The van der Waals surface area contributed by atoms with Crippen LogP contribution in [-0.4, -0.2) is 39.9 Å². The second-order valence-corrected chi connectivity index (χ2v) is 8.51. The summed E-state index contributed by atoms with van der Waals surface area (Å²) in [5, 5.41) is 10.9. The van der Waals surface area contributed by atoms with Crippen LogP contribution in [0.25, 0.3) is 0 Å². The molecule has 0 spiro atoms. The van der Waals surface area contributed by atoms with Crippen molar-refractivity contribution < 1.29 is 4.79 Å². The number of amides is 2. The van der Waals surface area contributed by atoms with Crippen LogP contribution in [0.5, 0.6) is 0 Å². The number of carbonyl (C=O) groups excluding carboxylic acids is 1. The van der Waals surface area contributed by atoms with Crippen LogP contribution in [0.2, 0.25) is 0 Å². The molecule has 0 saturated carbocycles. The summed E-state index contributed by atoms with van der Waals surface area (Å²) in [6.07, 6.45) is 7.65. The Hall–Kier alpha value is -2.42. The number of nitrogens with zero attached hydrogens (tertiary/aromatic N) is 4. The molecule has 0 bridgehead atoms. The molecule has 28 heavy (non-hydrogen) atoms. The van der Waals surface area contributed by atoms with Crippen molar-refractivity contribution in [2.75, 3.05) is 23.3 Å². The number of aromatic nitrogens is 3. The second kappa shape index (κ2) is 8.30. The van der Waals surface area contributed by atoms with Gasteiger partial charge in [-0.3, -0.25) is 10.1 Å². The van der Waals surface area contributed by atoms with Crippen LogP contribution in [0.3, 0.4) is 0 Å². The lowest BCUT2D eigenvalue weighted by Crippen LogP contribution is -2.48. The number of piperidine rings is 1. The number of urea groups is 1. The van der Waals surface area contributed by atoms with Crippen LogP contribution in [0.15, 0.2) is 16.9 Å². The van der Waals surface area contributed by atoms with Crippen molar-refractivity contribution in [3.63, 3.8) is 0 Å². The predicted octanol–water partition coefficient (Wildman–Crippen LogP) is 2.30. The molecule has 4 rings (SSSR count). The van der Waals surface area contributed by atoms with Gasteiger partial charge in [-0.05, 0) is 51.0 Å². The summed E-state index contributed by atoms with van der Waals surface area (Å²) >= 11 is 1.59. The summed E-state index contributed by atoms with van der Waals surface area (Å²) in [6, 6.07) is 3.25. The number of aryl methyl sites for hydroxylation is 3. The maximum absolute atomic E-state index is 12.4. The molecule has 1 unspecified atom stereocenters. The van der Waals surface area contributed by atoms with Gasteiger partial charge in [0.1, 0.15) is 5.82 Å². The number of anilines is 2. The first-order chi connectivity index (χ1) is 13.6. The van der Waals surface area contributed by atoms with E-state index in [4.69, 9.17) is 0 Å². The van der Waals surface area contributed by atoms with Crippen molar-refractivity contribution in [2.45, 2.75) is 51.0 Å². The van der Waals surface area contributed by atoms with Crippen molar-refractivity contribution in [1.29, 1.82) is 0 Å². The Kier molecular flexibility index (Phi) is 5.61. The molecular formula is C19H26N6O2S. The predicted molar refractivity (Wildman–Crippen MR) is 110 cm³/mol. The van der Waals surface area contributed by atoms with E-state index in [1.54, 1.807) is 30.5 Å². The molecule has 8 nitrogen and oxygen atoms in total. The number of hydrogen-bond acceptors (Lipinski definition) is 6. The summed E-state index contributed by atoms with van der Waals surface area (Å²) < 4.78 is 1.35. The third kappa shape index (κ3) is 4.19. The van der Waals surface area contributed by atoms with E-state index in [1.165, 1.54) is 22.4 Å². The molecule has 1 fully saturated rings. The first-order valence-corrected chi connectivity index (χ1v) is 10.8. The van der Waals surface area contributed by atoms with Gasteiger partial charge in [0, 0.05) is 37.1 Å². The van der Waals surface area contributed by atoms with E-state index in [9.17, 15) is 9.59 Å². The van der Waals surface area contributed by atoms with E-state index in [2.05, 4.69) is 25.6 Å². The van der Waals surface area contributed by atoms with E-state index in [0.29, 0.717) is 11.7 Å². The van der Waals surface area contributed by atoms with Gasteiger partial charge >= 0.3 is 6.03 Å². The SMILES string of the molecule is Cn1nc(N2CCCCC2CNC(=O)Nc2nc3c(s2)CCCC3)ccc1=O. The van der Waals surface area contributed by atoms with E-state index in [1.807, 2.05) is 0 Å². The highest BCUT2D eigenvalue weighted by Gasteiger charge is 2.25. The summed E-state index contributed by atoms with van der Waals surface area (Å²) in [7, 11) is 1.66. The third-order valence-corrected chi connectivity index (χ3v) is 6.51. The Morgan fingerprint density at radius 1 is 1.25 bits per heavy atom. The maximum Gasteiger partial charge on any atom is 0.321 e. The minimum absolute atomic E-state index is 0.124. The third-order valence-electron chi connectivity index (χ3n) is 5.43. The largest absolute Gasteiger partial charge is 0.350 e. The molecule has 1 atom stereocenters. The van der Waals surface area contributed by atoms with E-state index >= 15 is 0 Å². The second-order valence-electron chi connectivity index (χ2n) is 7.43.